The molecule has 1 aliphatic rings. The zero-order valence-corrected chi connectivity index (χ0v) is 26.8. The van der Waals surface area contributed by atoms with Gasteiger partial charge in [-0.3, -0.25) is 13.9 Å². The summed E-state index contributed by atoms with van der Waals surface area (Å²) in [6.07, 6.45) is 5.46. The van der Waals surface area contributed by atoms with Gasteiger partial charge in [-0.1, -0.05) is 56.0 Å². The fourth-order valence-corrected chi connectivity index (χ4v) is 6.96. The molecule has 0 unspecified atom stereocenters. The molecule has 0 heterocycles. The first-order valence-electron chi connectivity index (χ1n) is 15.1. The number of sulfonamides is 1. The molecule has 3 aromatic carbocycles. The van der Waals surface area contributed by atoms with Gasteiger partial charge < -0.3 is 19.7 Å². The Hall–Kier alpha value is -4.05. The van der Waals surface area contributed by atoms with Crippen LogP contribution in [-0.4, -0.2) is 58.0 Å². The Morgan fingerprint density at radius 2 is 1.57 bits per heavy atom. The third kappa shape index (κ3) is 8.11. The van der Waals surface area contributed by atoms with Crippen LogP contribution in [0.2, 0.25) is 0 Å². The standard InChI is InChI=1S/C34H43N3O6S/c1-5-32(34(39)35-27-11-7-6-8-12-27)36(23-26-10-9-13-30(22-26)43-4)33(38)24-37(28-16-14-25(2)15-17-28)44(40,41)31-20-18-29(42-3)19-21-31/h9-10,13-22,27,32H,5-8,11-12,23-24H2,1-4H3,(H,35,39)/t32-/m0/s1. The summed E-state index contributed by atoms with van der Waals surface area (Å²) in [6.45, 7) is 3.39. The van der Waals surface area contributed by atoms with Crippen LogP contribution in [0.5, 0.6) is 11.5 Å². The minimum Gasteiger partial charge on any atom is -0.497 e. The second kappa shape index (κ2) is 15.1. The topological polar surface area (TPSA) is 105 Å². The smallest absolute Gasteiger partial charge is 0.264 e. The summed E-state index contributed by atoms with van der Waals surface area (Å²) in [4.78, 5) is 29.5. The number of benzene rings is 3. The van der Waals surface area contributed by atoms with E-state index in [1.807, 2.05) is 38.1 Å². The summed E-state index contributed by atoms with van der Waals surface area (Å²) in [5.41, 5.74) is 2.06. The van der Waals surface area contributed by atoms with Crippen LogP contribution in [0.4, 0.5) is 5.69 Å². The molecule has 1 saturated carbocycles. The third-order valence-corrected chi connectivity index (χ3v) is 9.86. The van der Waals surface area contributed by atoms with Crippen molar-refractivity contribution in [3.05, 3.63) is 83.9 Å². The van der Waals surface area contributed by atoms with Gasteiger partial charge in [-0.05, 0) is 80.3 Å². The summed E-state index contributed by atoms with van der Waals surface area (Å²) in [5.74, 6) is 0.422. The molecule has 0 radical (unpaired) electrons. The van der Waals surface area contributed by atoms with Crippen molar-refractivity contribution >= 4 is 27.5 Å². The van der Waals surface area contributed by atoms with Gasteiger partial charge in [-0.2, -0.15) is 0 Å². The van der Waals surface area contributed by atoms with Crippen LogP contribution < -0.4 is 19.1 Å². The first kappa shape index (κ1) is 32.9. The fourth-order valence-electron chi connectivity index (χ4n) is 5.55. The van der Waals surface area contributed by atoms with E-state index in [0.717, 1.165) is 47.5 Å². The van der Waals surface area contributed by atoms with Crippen LogP contribution in [0.15, 0.2) is 77.7 Å². The number of carbonyl (C=O) groups excluding carboxylic acids is 2. The van der Waals surface area contributed by atoms with Crippen LogP contribution >= 0.6 is 0 Å². The van der Waals surface area contributed by atoms with E-state index in [1.165, 1.54) is 24.1 Å². The first-order chi connectivity index (χ1) is 21.2. The monoisotopic (exact) mass is 621 g/mol. The minimum absolute atomic E-state index is 0.0214. The highest BCUT2D eigenvalue weighted by Crippen LogP contribution is 2.27. The van der Waals surface area contributed by atoms with E-state index in [2.05, 4.69) is 5.32 Å². The van der Waals surface area contributed by atoms with E-state index in [9.17, 15) is 18.0 Å². The van der Waals surface area contributed by atoms with Gasteiger partial charge in [0.15, 0.2) is 0 Å². The minimum atomic E-state index is -4.17. The molecule has 9 nitrogen and oxygen atoms in total. The molecule has 0 spiro atoms. The molecular formula is C34H43N3O6S. The number of amides is 2. The lowest BCUT2D eigenvalue weighted by Gasteiger charge is -2.34. The SMILES string of the molecule is CC[C@@H](C(=O)NC1CCCCC1)N(Cc1cccc(OC)c1)C(=O)CN(c1ccc(C)cc1)S(=O)(=O)c1ccc(OC)cc1. The molecule has 4 rings (SSSR count). The first-order valence-corrected chi connectivity index (χ1v) is 16.6. The van der Waals surface area contributed by atoms with Gasteiger partial charge in [0.05, 0.1) is 24.8 Å². The number of nitrogens with one attached hydrogen (secondary N) is 1. The van der Waals surface area contributed by atoms with E-state index in [0.29, 0.717) is 23.6 Å². The molecule has 236 valence electrons. The highest BCUT2D eigenvalue weighted by atomic mass is 32.2. The van der Waals surface area contributed by atoms with Gasteiger partial charge in [0.1, 0.15) is 24.1 Å². The van der Waals surface area contributed by atoms with Crippen molar-refractivity contribution in [2.24, 2.45) is 0 Å². The number of methoxy groups -OCH3 is 2. The van der Waals surface area contributed by atoms with Crippen LogP contribution in [0.3, 0.4) is 0 Å². The van der Waals surface area contributed by atoms with Crippen molar-refractivity contribution in [1.82, 2.24) is 10.2 Å². The summed E-state index contributed by atoms with van der Waals surface area (Å²) < 4.78 is 39.9. The number of aryl methyl sites for hydroxylation is 1. The van der Waals surface area contributed by atoms with Gasteiger partial charge in [-0.15, -0.1) is 0 Å². The zero-order valence-electron chi connectivity index (χ0n) is 26.0. The van der Waals surface area contributed by atoms with Crippen LogP contribution in [0.25, 0.3) is 0 Å². The third-order valence-electron chi connectivity index (χ3n) is 8.07. The normalized spacial score (nSPS) is 14.4. The number of nitrogens with zero attached hydrogens (tertiary/aromatic N) is 2. The van der Waals surface area contributed by atoms with Gasteiger partial charge in [0, 0.05) is 12.6 Å². The zero-order chi connectivity index (χ0) is 31.7. The summed E-state index contributed by atoms with van der Waals surface area (Å²) in [5, 5.41) is 3.17. The second-order valence-electron chi connectivity index (χ2n) is 11.2. The Kier molecular flexibility index (Phi) is 11.3. The molecule has 2 amide bonds. The van der Waals surface area contributed by atoms with Crippen LogP contribution in [0, 0.1) is 6.92 Å². The Morgan fingerprint density at radius 1 is 0.909 bits per heavy atom. The van der Waals surface area contributed by atoms with Crippen LogP contribution in [0.1, 0.15) is 56.6 Å². The highest BCUT2D eigenvalue weighted by molar-refractivity contribution is 7.92. The number of rotatable bonds is 13. The molecule has 1 fully saturated rings. The van der Waals surface area contributed by atoms with Crippen molar-refractivity contribution in [1.29, 1.82) is 0 Å². The largest absolute Gasteiger partial charge is 0.497 e. The number of hydrogen-bond acceptors (Lipinski definition) is 6. The highest BCUT2D eigenvalue weighted by Gasteiger charge is 2.34. The Labute approximate surface area is 261 Å². The van der Waals surface area contributed by atoms with E-state index >= 15 is 0 Å². The van der Waals surface area contributed by atoms with Crippen LogP contribution in [-0.2, 0) is 26.2 Å². The molecule has 10 heteroatoms. The molecule has 0 bridgehead atoms. The number of anilines is 1. The number of carbonyl (C=O) groups is 2. The number of ether oxygens (including phenoxy) is 2. The maximum atomic E-state index is 14.3. The van der Waals surface area contributed by atoms with E-state index in [-0.39, 0.29) is 23.4 Å². The molecular weight excluding hydrogens is 578 g/mol. The molecule has 1 N–H and O–H groups in total. The quantitative estimate of drug-likeness (QED) is 0.272. The average molecular weight is 622 g/mol. The van der Waals surface area contributed by atoms with Crippen molar-refractivity contribution in [2.45, 2.75) is 75.9 Å². The molecule has 0 aromatic heterocycles. The lowest BCUT2D eigenvalue weighted by molar-refractivity contribution is -0.140. The van der Waals surface area contributed by atoms with E-state index in [4.69, 9.17) is 9.47 Å². The van der Waals surface area contributed by atoms with Crippen molar-refractivity contribution in [3.8, 4) is 11.5 Å². The van der Waals surface area contributed by atoms with Crippen molar-refractivity contribution in [2.75, 3.05) is 25.1 Å². The van der Waals surface area contributed by atoms with Crippen molar-refractivity contribution in [3.63, 3.8) is 0 Å². The van der Waals surface area contributed by atoms with Gasteiger partial charge in [-0.25, -0.2) is 8.42 Å². The number of hydrogen-bond donors (Lipinski definition) is 1. The Bertz CT molecular complexity index is 1500. The Balaban J connectivity index is 1.71. The molecule has 0 saturated heterocycles. The lowest BCUT2D eigenvalue weighted by Crippen LogP contribution is -2.54. The maximum absolute atomic E-state index is 14.3. The van der Waals surface area contributed by atoms with Gasteiger partial charge in [0.2, 0.25) is 11.8 Å². The van der Waals surface area contributed by atoms with Gasteiger partial charge in [0.25, 0.3) is 10.0 Å². The Morgan fingerprint density at radius 3 is 2.18 bits per heavy atom. The van der Waals surface area contributed by atoms with Crippen molar-refractivity contribution < 1.29 is 27.5 Å². The summed E-state index contributed by atoms with van der Waals surface area (Å²) in [7, 11) is -1.10. The molecule has 44 heavy (non-hydrogen) atoms. The van der Waals surface area contributed by atoms with Gasteiger partial charge >= 0.3 is 0 Å². The fraction of sp³-hybridized carbons (Fsp3) is 0.412. The van der Waals surface area contributed by atoms with E-state index < -0.39 is 28.5 Å². The molecule has 1 atom stereocenters. The predicted molar refractivity (Wildman–Crippen MR) is 171 cm³/mol. The summed E-state index contributed by atoms with van der Waals surface area (Å²) >= 11 is 0. The maximum Gasteiger partial charge on any atom is 0.264 e. The second-order valence-corrected chi connectivity index (χ2v) is 13.0. The predicted octanol–water partition coefficient (Wildman–Crippen LogP) is 5.46. The average Bonchev–Trinajstić information content (AvgIpc) is 3.04. The molecule has 0 aliphatic heterocycles. The van der Waals surface area contributed by atoms with E-state index in [1.54, 1.807) is 43.5 Å². The molecule has 1 aliphatic carbocycles. The molecule has 3 aromatic rings. The summed E-state index contributed by atoms with van der Waals surface area (Å²) in [6, 6.07) is 19.6. The lowest BCUT2D eigenvalue weighted by atomic mass is 9.95.